The molecule has 134 valence electrons. The Bertz CT molecular complexity index is 661. The highest BCUT2D eigenvalue weighted by Gasteiger charge is 2.27. The number of likely N-dealkylation sites (N-methyl/N-ethyl adjacent to an activating group) is 2. The molecule has 1 unspecified atom stereocenters. The molecule has 1 N–H and O–H groups in total. The second kappa shape index (κ2) is 8.79. The highest BCUT2D eigenvalue weighted by Crippen LogP contribution is 2.10. The van der Waals surface area contributed by atoms with Gasteiger partial charge in [-0.25, -0.2) is 8.42 Å². The lowest BCUT2D eigenvalue weighted by Gasteiger charge is -2.30. The van der Waals surface area contributed by atoms with Crippen molar-refractivity contribution in [3.63, 3.8) is 0 Å². The van der Waals surface area contributed by atoms with E-state index in [4.69, 9.17) is 0 Å². The Morgan fingerprint density at radius 2 is 1.79 bits per heavy atom. The monoisotopic (exact) mass is 355 g/mol. The Morgan fingerprint density at radius 1 is 1.21 bits per heavy atom. The lowest BCUT2D eigenvalue weighted by molar-refractivity contribution is -0.140. The van der Waals surface area contributed by atoms with Gasteiger partial charge >= 0.3 is 0 Å². The molecule has 1 rings (SSSR count). The number of nitrogens with one attached hydrogen (secondary N) is 1. The molecule has 2 amide bonds. The number of hydrogen-bond acceptors (Lipinski definition) is 4. The summed E-state index contributed by atoms with van der Waals surface area (Å²) >= 11 is 0. The average Bonchev–Trinajstić information content (AvgIpc) is 2.52. The Hall–Kier alpha value is -1.93. The second-order valence-electron chi connectivity index (χ2n) is 5.60. The van der Waals surface area contributed by atoms with Crippen LogP contribution < -0.4 is 5.32 Å². The summed E-state index contributed by atoms with van der Waals surface area (Å²) in [4.78, 5) is 26.1. The molecule has 1 aromatic rings. The van der Waals surface area contributed by atoms with E-state index in [1.54, 1.807) is 13.8 Å². The van der Waals surface area contributed by atoms with E-state index in [1.807, 2.05) is 30.3 Å². The van der Waals surface area contributed by atoms with Gasteiger partial charge < -0.3 is 10.2 Å². The Kier molecular flexibility index (Phi) is 7.37. The SMILES string of the molecule is CCNC(=O)C(C)N(Cc1ccccc1)C(=O)CN(C)S(C)(=O)=O. The summed E-state index contributed by atoms with van der Waals surface area (Å²) in [6, 6.07) is 8.55. The average molecular weight is 355 g/mol. The van der Waals surface area contributed by atoms with E-state index in [0.717, 1.165) is 16.1 Å². The van der Waals surface area contributed by atoms with Gasteiger partial charge in [-0.2, -0.15) is 4.31 Å². The van der Waals surface area contributed by atoms with Gasteiger partial charge in [0.25, 0.3) is 0 Å². The molecule has 0 spiro atoms. The smallest absolute Gasteiger partial charge is 0.242 e. The molecule has 0 fully saturated rings. The number of amides is 2. The van der Waals surface area contributed by atoms with Crippen LogP contribution in [-0.2, 0) is 26.2 Å². The third-order valence-electron chi connectivity index (χ3n) is 3.64. The number of nitrogens with zero attached hydrogens (tertiary/aromatic N) is 2. The van der Waals surface area contributed by atoms with Crippen molar-refractivity contribution in [2.75, 3.05) is 26.4 Å². The van der Waals surface area contributed by atoms with Crippen molar-refractivity contribution < 1.29 is 18.0 Å². The fraction of sp³-hybridized carbons (Fsp3) is 0.500. The number of carbonyl (C=O) groups excluding carboxylic acids is 2. The van der Waals surface area contributed by atoms with Crippen LogP contribution in [0.3, 0.4) is 0 Å². The van der Waals surface area contributed by atoms with Gasteiger partial charge in [0, 0.05) is 20.1 Å². The van der Waals surface area contributed by atoms with Crippen LogP contribution in [0, 0.1) is 0 Å². The fourth-order valence-electron chi connectivity index (χ4n) is 2.08. The summed E-state index contributed by atoms with van der Waals surface area (Å²) < 4.78 is 24.0. The van der Waals surface area contributed by atoms with Crippen LogP contribution in [0.25, 0.3) is 0 Å². The first-order chi connectivity index (χ1) is 11.2. The van der Waals surface area contributed by atoms with Crippen molar-refractivity contribution in [1.82, 2.24) is 14.5 Å². The summed E-state index contributed by atoms with van der Waals surface area (Å²) in [7, 11) is -2.14. The molecule has 8 heteroatoms. The van der Waals surface area contributed by atoms with Crippen molar-refractivity contribution in [2.24, 2.45) is 0 Å². The van der Waals surface area contributed by atoms with Gasteiger partial charge in [0.2, 0.25) is 21.8 Å². The van der Waals surface area contributed by atoms with E-state index in [9.17, 15) is 18.0 Å². The summed E-state index contributed by atoms with van der Waals surface area (Å²) in [6.45, 7) is 3.81. The molecule has 0 saturated heterocycles. The van der Waals surface area contributed by atoms with Crippen molar-refractivity contribution in [1.29, 1.82) is 0 Å². The highest BCUT2D eigenvalue weighted by atomic mass is 32.2. The van der Waals surface area contributed by atoms with Crippen molar-refractivity contribution in [3.05, 3.63) is 35.9 Å². The molecule has 0 aromatic heterocycles. The summed E-state index contributed by atoms with van der Waals surface area (Å²) in [5.41, 5.74) is 0.865. The quantitative estimate of drug-likeness (QED) is 0.733. The largest absolute Gasteiger partial charge is 0.355 e. The number of carbonyl (C=O) groups is 2. The van der Waals surface area contributed by atoms with E-state index < -0.39 is 22.0 Å². The first-order valence-electron chi connectivity index (χ1n) is 7.69. The lowest BCUT2D eigenvalue weighted by atomic mass is 10.1. The van der Waals surface area contributed by atoms with Crippen LogP contribution >= 0.6 is 0 Å². The summed E-state index contributed by atoms with van der Waals surface area (Å²) in [5.74, 6) is -0.700. The standard InChI is InChI=1S/C16H25N3O4S/c1-5-17-16(21)13(2)19(11-14-9-7-6-8-10-14)15(20)12-18(3)24(4,22)23/h6-10,13H,5,11-12H2,1-4H3,(H,17,21). The van der Waals surface area contributed by atoms with Crippen LogP contribution in [-0.4, -0.2) is 61.9 Å². The minimum atomic E-state index is -3.48. The number of hydrogen-bond donors (Lipinski definition) is 1. The maximum Gasteiger partial charge on any atom is 0.242 e. The van der Waals surface area contributed by atoms with E-state index in [1.165, 1.54) is 11.9 Å². The molecule has 0 radical (unpaired) electrons. The predicted octanol–water partition coefficient (Wildman–Crippen LogP) is 0.431. The van der Waals surface area contributed by atoms with Gasteiger partial charge in [-0.1, -0.05) is 30.3 Å². The van der Waals surface area contributed by atoms with E-state index in [-0.39, 0.29) is 19.0 Å². The zero-order valence-corrected chi connectivity index (χ0v) is 15.3. The molecule has 0 aliphatic carbocycles. The molecule has 1 atom stereocenters. The van der Waals surface area contributed by atoms with Crippen LogP contribution in [0.1, 0.15) is 19.4 Å². The minimum absolute atomic E-state index is 0.232. The lowest BCUT2D eigenvalue weighted by Crippen LogP contribution is -2.50. The molecule has 7 nitrogen and oxygen atoms in total. The van der Waals surface area contributed by atoms with Crippen molar-refractivity contribution in [3.8, 4) is 0 Å². The fourth-order valence-corrected chi connectivity index (χ4v) is 2.43. The van der Waals surface area contributed by atoms with E-state index >= 15 is 0 Å². The van der Waals surface area contributed by atoms with Crippen LogP contribution in [0.5, 0.6) is 0 Å². The summed E-state index contributed by atoms with van der Waals surface area (Å²) in [6.07, 6.45) is 1.04. The molecule has 0 heterocycles. The van der Waals surface area contributed by atoms with Crippen molar-refractivity contribution in [2.45, 2.75) is 26.4 Å². The van der Waals surface area contributed by atoms with E-state index in [0.29, 0.717) is 6.54 Å². The number of benzene rings is 1. The van der Waals surface area contributed by atoms with Crippen LogP contribution in [0.4, 0.5) is 0 Å². The van der Waals surface area contributed by atoms with Crippen molar-refractivity contribution >= 4 is 21.8 Å². The molecule has 24 heavy (non-hydrogen) atoms. The van der Waals surface area contributed by atoms with Gasteiger partial charge in [0.05, 0.1) is 12.8 Å². The second-order valence-corrected chi connectivity index (χ2v) is 7.69. The Morgan fingerprint density at radius 3 is 2.29 bits per heavy atom. The maximum absolute atomic E-state index is 12.6. The number of sulfonamides is 1. The summed E-state index contributed by atoms with van der Waals surface area (Å²) in [5, 5.41) is 2.69. The third kappa shape index (κ3) is 5.93. The molecule has 1 aromatic carbocycles. The minimum Gasteiger partial charge on any atom is -0.355 e. The van der Waals surface area contributed by atoms with Gasteiger partial charge in [-0.05, 0) is 19.4 Å². The highest BCUT2D eigenvalue weighted by molar-refractivity contribution is 7.88. The Balaban J connectivity index is 2.99. The number of rotatable bonds is 8. The predicted molar refractivity (Wildman–Crippen MR) is 92.6 cm³/mol. The van der Waals surface area contributed by atoms with Gasteiger partial charge in [0.1, 0.15) is 6.04 Å². The third-order valence-corrected chi connectivity index (χ3v) is 4.90. The van der Waals surface area contributed by atoms with Crippen LogP contribution in [0.15, 0.2) is 30.3 Å². The molecular formula is C16H25N3O4S. The van der Waals surface area contributed by atoms with Gasteiger partial charge in [0.15, 0.2) is 0 Å². The topological polar surface area (TPSA) is 86.8 Å². The Labute approximate surface area is 143 Å². The van der Waals surface area contributed by atoms with E-state index in [2.05, 4.69) is 5.32 Å². The normalized spacial score (nSPS) is 12.7. The van der Waals surface area contributed by atoms with Gasteiger partial charge in [-0.15, -0.1) is 0 Å². The first-order valence-corrected chi connectivity index (χ1v) is 9.54. The van der Waals surface area contributed by atoms with Gasteiger partial charge in [-0.3, -0.25) is 9.59 Å². The molecular weight excluding hydrogens is 330 g/mol. The molecule has 0 aliphatic rings. The first kappa shape index (κ1) is 20.1. The maximum atomic E-state index is 12.6. The molecule has 0 aliphatic heterocycles. The zero-order chi connectivity index (χ0) is 18.3. The molecule has 0 bridgehead atoms. The zero-order valence-electron chi connectivity index (χ0n) is 14.5. The molecule has 0 saturated carbocycles. The van der Waals surface area contributed by atoms with Crippen LogP contribution in [0.2, 0.25) is 0 Å².